The van der Waals surface area contributed by atoms with Crippen molar-refractivity contribution in [2.45, 2.75) is 104 Å². The molecule has 0 unspecified atom stereocenters. The van der Waals surface area contributed by atoms with Gasteiger partial charge in [-0.15, -0.1) is 0 Å². The zero-order valence-electron chi connectivity index (χ0n) is 50.0. The molecule has 0 aliphatic heterocycles. The van der Waals surface area contributed by atoms with Crippen molar-refractivity contribution < 1.29 is 234 Å². The molecule has 0 aliphatic rings. The molecule has 44 heteroatoms. The fraction of sp³-hybridized carbons (Fsp3) is 0.643. The van der Waals surface area contributed by atoms with Crippen LogP contribution in [0.5, 0.6) is 0 Å². The van der Waals surface area contributed by atoms with Crippen molar-refractivity contribution in [2.24, 2.45) is 34.4 Å². The molecular weight excluding hydrogens is 1390 g/mol. The van der Waals surface area contributed by atoms with Crippen molar-refractivity contribution in [1.82, 2.24) is 16.0 Å². The standard InChI is InChI=1S/3C4H13N3.15C2H4O2.5Fe/c3*5-1-3-7-4-2-6;15*1-2(3)4;;;;;/h3*7H,1-6H2;15*1H3,(H,3,4);;;;;/q;;;;;;;;;;;;;;;;;;5*+3/p-15. The van der Waals surface area contributed by atoms with E-state index in [0.29, 0.717) is 39.3 Å². The Morgan fingerprint density at radius 1 is 0.186 bits per heavy atom. The van der Waals surface area contributed by atoms with Crippen LogP contribution in [-0.2, 0) is 157 Å². The van der Waals surface area contributed by atoms with Gasteiger partial charge in [0.2, 0.25) is 0 Å². The summed E-state index contributed by atoms with van der Waals surface area (Å²) in [6.45, 7) is 24.0. The molecule has 517 valence electrons. The van der Waals surface area contributed by atoms with Crippen molar-refractivity contribution >= 4 is 89.5 Å². The van der Waals surface area contributed by atoms with Crippen molar-refractivity contribution in [1.29, 1.82) is 0 Å². The molecule has 0 amide bonds. The van der Waals surface area contributed by atoms with Crippen molar-refractivity contribution in [3.05, 3.63) is 0 Å². The summed E-state index contributed by atoms with van der Waals surface area (Å²) in [6.07, 6.45) is 0. The first-order chi connectivity index (χ1) is 36.2. The number of rotatable bonds is 12. The van der Waals surface area contributed by atoms with E-state index in [1.54, 1.807) is 0 Å². The number of aliphatic carboxylic acids is 15. The van der Waals surface area contributed by atoms with E-state index in [9.17, 15) is 0 Å². The first-order valence-electron chi connectivity index (χ1n) is 21.2. The molecule has 0 aromatic heterocycles. The Kier molecular flexibility index (Phi) is 295. The van der Waals surface area contributed by atoms with Crippen LogP contribution in [0.3, 0.4) is 0 Å². The SMILES string of the molecule is CC(=O)[O-].CC(=O)[O-].CC(=O)[O-].CC(=O)[O-].CC(=O)[O-].CC(=O)[O-].CC(=O)[O-].CC(=O)[O-].CC(=O)[O-].CC(=O)[O-].CC(=O)[O-].CC(=O)[O-].CC(=O)[O-].CC(=O)[O-].CC(=O)[O-].NCCNCCN.NCCNCCN.NCCNCCN.[Fe+3].[Fe+3].[Fe+3].[Fe+3].[Fe+3]. The number of hydrogen-bond donors (Lipinski definition) is 9. The molecule has 0 heterocycles. The van der Waals surface area contributed by atoms with Crippen molar-refractivity contribution in [2.75, 3.05) is 78.5 Å². The maximum atomic E-state index is 8.89. The minimum absolute atomic E-state index is 0. The van der Waals surface area contributed by atoms with Crippen LogP contribution < -0.4 is 127 Å². The summed E-state index contributed by atoms with van der Waals surface area (Å²) < 4.78 is 0. The summed E-state index contributed by atoms with van der Waals surface area (Å²) in [4.78, 5) is 133. The quantitative estimate of drug-likeness (QED) is 0.0647. The molecule has 0 rings (SSSR count). The number of carbonyl (C=O) groups excluding carboxylic acids is 15. The van der Waals surface area contributed by atoms with Crippen LogP contribution in [0.1, 0.15) is 104 Å². The predicted molar refractivity (Wildman–Crippen MR) is 253 cm³/mol. The molecule has 39 nitrogen and oxygen atoms in total. The number of carboxylic acid groups (broad SMARTS) is 15. The molecule has 0 fully saturated rings. The monoisotopic (exact) mass is 1470 g/mol. The first kappa shape index (κ1) is 154. The fourth-order valence-electron chi connectivity index (χ4n) is 0.987. The van der Waals surface area contributed by atoms with Gasteiger partial charge in [-0.2, -0.15) is 0 Å². The van der Waals surface area contributed by atoms with Crippen LogP contribution in [-0.4, -0.2) is 168 Å². The molecule has 0 atom stereocenters. The zero-order chi connectivity index (χ0) is 70.3. The molecule has 0 bridgehead atoms. The van der Waals surface area contributed by atoms with Crippen LogP contribution in [0.25, 0.3) is 0 Å². The number of carbonyl (C=O) groups is 15. The normalized spacial score (nSPS) is 6.66. The molecule has 86 heavy (non-hydrogen) atoms. The van der Waals surface area contributed by atoms with Gasteiger partial charge in [-0.25, -0.2) is 0 Å². The van der Waals surface area contributed by atoms with Crippen LogP contribution in [0.2, 0.25) is 0 Å². The van der Waals surface area contributed by atoms with E-state index in [2.05, 4.69) is 16.0 Å². The predicted octanol–water partition coefficient (Wildman–Crippen LogP) is -23.2. The average Bonchev–Trinajstić information content (AvgIpc) is 3.16. The van der Waals surface area contributed by atoms with Crippen molar-refractivity contribution in [3.63, 3.8) is 0 Å². The molecule has 0 aromatic carbocycles. The summed E-state index contributed by atoms with van der Waals surface area (Å²) >= 11 is 0. The van der Waals surface area contributed by atoms with Gasteiger partial charge in [0, 0.05) is 168 Å². The average molecular weight is 1470 g/mol. The van der Waals surface area contributed by atoms with Crippen LogP contribution in [0, 0.1) is 0 Å². The topological polar surface area (TPSA) is 794 Å². The smallest absolute Gasteiger partial charge is 0.550 e. The molecule has 5 radical (unpaired) electrons. The summed E-state index contributed by atoms with van der Waals surface area (Å²) in [6, 6.07) is 0. The summed E-state index contributed by atoms with van der Waals surface area (Å²) in [5, 5.41) is 142. The second-order valence-corrected chi connectivity index (χ2v) is 11.4. The summed E-state index contributed by atoms with van der Waals surface area (Å²) in [5.74, 6) is -16.3. The van der Waals surface area contributed by atoms with E-state index >= 15 is 0 Å². The Morgan fingerprint density at radius 2 is 0.221 bits per heavy atom. The zero-order valence-corrected chi connectivity index (χ0v) is 55.5. The third kappa shape index (κ3) is 11800. The molecule has 15 N–H and O–H groups in total. The summed E-state index contributed by atoms with van der Waals surface area (Å²) in [5.41, 5.74) is 31.0. The van der Waals surface area contributed by atoms with Gasteiger partial charge in [-0.05, 0) is 104 Å². The van der Waals surface area contributed by atoms with Crippen LogP contribution >= 0.6 is 0 Å². The largest absolute Gasteiger partial charge is 3.00 e. The molecule has 0 aliphatic carbocycles. The number of hydrogen-bond acceptors (Lipinski definition) is 39. The van der Waals surface area contributed by atoms with E-state index in [4.69, 9.17) is 183 Å². The Labute approximate surface area is 553 Å². The van der Waals surface area contributed by atoms with Gasteiger partial charge in [0.25, 0.3) is 0 Å². The van der Waals surface area contributed by atoms with Crippen molar-refractivity contribution in [3.8, 4) is 0 Å². The van der Waals surface area contributed by atoms with Gasteiger partial charge in [0.1, 0.15) is 0 Å². The summed E-state index contributed by atoms with van der Waals surface area (Å²) in [7, 11) is 0. The van der Waals surface area contributed by atoms with E-state index in [1.807, 2.05) is 0 Å². The van der Waals surface area contributed by atoms with Gasteiger partial charge < -0.3 is 199 Å². The maximum absolute atomic E-state index is 8.89. The van der Waals surface area contributed by atoms with E-state index in [0.717, 1.165) is 143 Å². The van der Waals surface area contributed by atoms with Crippen LogP contribution in [0.4, 0.5) is 0 Å². The Hall–Kier alpha value is -5.71. The van der Waals surface area contributed by atoms with E-state index in [-0.39, 0.29) is 85.3 Å². The number of carboxylic acids is 15. The molecule has 0 saturated carbocycles. The minimum atomic E-state index is -1.08. The van der Waals surface area contributed by atoms with Gasteiger partial charge >= 0.3 is 85.3 Å². The third-order valence-corrected chi connectivity index (χ3v) is 1.93. The fourth-order valence-corrected chi connectivity index (χ4v) is 0.987. The molecule has 0 saturated heterocycles. The molecule has 0 aromatic rings. The molecule has 0 spiro atoms. The van der Waals surface area contributed by atoms with Crippen LogP contribution in [0.15, 0.2) is 0 Å². The number of nitrogens with two attached hydrogens (primary N) is 6. The van der Waals surface area contributed by atoms with Gasteiger partial charge in [0.15, 0.2) is 0 Å². The minimum Gasteiger partial charge on any atom is -0.550 e. The van der Waals surface area contributed by atoms with Gasteiger partial charge in [0.05, 0.1) is 0 Å². The second-order valence-electron chi connectivity index (χ2n) is 11.4. The Balaban J connectivity index is -0.0000000233. The van der Waals surface area contributed by atoms with E-state index in [1.165, 1.54) is 0 Å². The first-order valence-corrected chi connectivity index (χ1v) is 21.2. The van der Waals surface area contributed by atoms with Gasteiger partial charge in [-0.3, -0.25) is 0 Å². The Bertz CT molecular complexity index is 1040. The third-order valence-electron chi connectivity index (χ3n) is 1.93. The van der Waals surface area contributed by atoms with Gasteiger partial charge in [-0.1, -0.05) is 0 Å². The molecular formula is C42H84Fe5N9O30. The van der Waals surface area contributed by atoms with E-state index < -0.39 is 89.5 Å². The number of nitrogens with one attached hydrogen (secondary N) is 3. The maximum Gasteiger partial charge on any atom is 3.00 e. The second kappa shape index (κ2) is 165. The Morgan fingerprint density at radius 3 is 0.244 bits per heavy atom.